The van der Waals surface area contributed by atoms with E-state index < -0.39 is 5.79 Å². The minimum atomic E-state index is -1.02. The van der Waals surface area contributed by atoms with E-state index in [0.29, 0.717) is 25.7 Å². The summed E-state index contributed by atoms with van der Waals surface area (Å²) in [5, 5.41) is 13.6. The molecule has 5 rings (SSSR count). The molecule has 0 aliphatic carbocycles. The quantitative estimate of drug-likeness (QED) is 0.640. The maximum absolute atomic E-state index is 9.42. The number of aliphatic hydroxyl groups excluding tert-OH is 1. The Morgan fingerprint density at radius 3 is 2.35 bits per heavy atom. The third-order valence-corrected chi connectivity index (χ3v) is 4.71. The molecule has 0 saturated carbocycles. The number of aromatic nitrogens is 3. The van der Waals surface area contributed by atoms with Gasteiger partial charge in [-0.05, 0) is 36.4 Å². The highest BCUT2D eigenvalue weighted by atomic mass is 16.7. The minimum Gasteiger partial charge on any atom is -0.457 e. The van der Waals surface area contributed by atoms with Gasteiger partial charge in [-0.3, -0.25) is 0 Å². The number of para-hydroxylation sites is 1. The fraction of sp³-hybridized carbons (Fsp3) is 0.364. The van der Waals surface area contributed by atoms with Crippen molar-refractivity contribution in [3.05, 3.63) is 72.8 Å². The van der Waals surface area contributed by atoms with Crippen molar-refractivity contribution in [3.8, 4) is 11.5 Å². The number of nitrogens with zero attached hydrogens (tertiary/aromatic N) is 3. The summed E-state index contributed by atoms with van der Waals surface area (Å²) in [4.78, 5) is 3.96. The van der Waals surface area contributed by atoms with E-state index in [9.17, 15) is 5.11 Å². The standard InChI is InChI=1S/C19H19N3O4.C3H6O2/c23-10-18-11-24-19(26-18,12-22-14-20-13-21-22)15-6-8-17(9-7-15)25-16-4-2-1-3-5-16;1-2-5-3-4-1/h1-9,13-14,18,23H,10-12H2;1-3H2. The first kappa shape index (κ1) is 21.4. The maximum atomic E-state index is 9.42. The second kappa shape index (κ2) is 10.5. The van der Waals surface area contributed by atoms with Gasteiger partial charge in [0.25, 0.3) is 0 Å². The van der Waals surface area contributed by atoms with Gasteiger partial charge < -0.3 is 28.8 Å². The highest BCUT2D eigenvalue weighted by molar-refractivity contribution is 5.34. The van der Waals surface area contributed by atoms with Gasteiger partial charge >= 0.3 is 0 Å². The van der Waals surface area contributed by atoms with E-state index in [4.69, 9.17) is 23.7 Å². The molecular weight excluding hydrogens is 402 g/mol. The van der Waals surface area contributed by atoms with Crippen LogP contribution in [0.15, 0.2) is 67.3 Å². The molecule has 164 valence electrons. The summed E-state index contributed by atoms with van der Waals surface area (Å²) in [5.74, 6) is 0.464. The van der Waals surface area contributed by atoms with Crippen LogP contribution in [0.2, 0.25) is 0 Å². The number of hydrogen-bond acceptors (Lipinski definition) is 8. The summed E-state index contributed by atoms with van der Waals surface area (Å²) in [7, 11) is 0. The van der Waals surface area contributed by atoms with Crippen LogP contribution < -0.4 is 4.74 Å². The van der Waals surface area contributed by atoms with E-state index in [-0.39, 0.29) is 12.7 Å². The van der Waals surface area contributed by atoms with Crippen LogP contribution in [0, 0.1) is 0 Å². The molecule has 0 bridgehead atoms. The van der Waals surface area contributed by atoms with Crippen molar-refractivity contribution < 1.29 is 28.8 Å². The van der Waals surface area contributed by atoms with Crippen LogP contribution in [-0.4, -0.2) is 59.2 Å². The molecule has 1 aromatic heterocycles. The highest BCUT2D eigenvalue weighted by Crippen LogP contribution is 2.37. The molecule has 0 amide bonds. The Morgan fingerprint density at radius 1 is 1.03 bits per heavy atom. The Hall–Kier alpha value is -2.82. The summed E-state index contributed by atoms with van der Waals surface area (Å²) in [5.41, 5.74) is 0.823. The Bertz CT molecular complexity index is 895. The summed E-state index contributed by atoms with van der Waals surface area (Å²) < 4.78 is 28.9. The van der Waals surface area contributed by atoms with Crippen molar-refractivity contribution in [1.29, 1.82) is 0 Å². The lowest BCUT2D eigenvalue weighted by Crippen LogP contribution is -2.34. The molecule has 3 heterocycles. The van der Waals surface area contributed by atoms with E-state index in [1.54, 1.807) is 11.0 Å². The predicted octanol–water partition coefficient (Wildman–Crippen LogP) is 2.32. The van der Waals surface area contributed by atoms with E-state index in [2.05, 4.69) is 10.1 Å². The summed E-state index contributed by atoms with van der Waals surface area (Å²) >= 11 is 0. The molecule has 2 unspecified atom stereocenters. The van der Waals surface area contributed by atoms with Gasteiger partial charge in [0.15, 0.2) is 0 Å². The van der Waals surface area contributed by atoms with Crippen LogP contribution in [0.25, 0.3) is 0 Å². The molecule has 2 saturated heterocycles. The average molecular weight is 427 g/mol. The van der Waals surface area contributed by atoms with Crippen LogP contribution in [-0.2, 0) is 31.3 Å². The number of hydrogen-bond donors (Lipinski definition) is 1. The van der Waals surface area contributed by atoms with E-state index >= 15 is 0 Å². The van der Waals surface area contributed by atoms with Crippen LogP contribution in [0.1, 0.15) is 5.56 Å². The van der Waals surface area contributed by atoms with E-state index in [0.717, 1.165) is 24.5 Å². The third-order valence-electron chi connectivity index (χ3n) is 4.71. The van der Waals surface area contributed by atoms with Crippen LogP contribution >= 0.6 is 0 Å². The molecule has 3 aromatic rings. The molecule has 2 atom stereocenters. The SMILES string of the molecule is C1COCO1.OCC1COC(Cn2cncn2)(c2ccc(Oc3ccccc3)cc2)O1. The van der Waals surface area contributed by atoms with Crippen molar-refractivity contribution in [2.24, 2.45) is 0 Å². The topological polar surface area (TPSA) is 97.1 Å². The lowest BCUT2D eigenvalue weighted by molar-refractivity contribution is -0.191. The Morgan fingerprint density at radius 2 is 1.77 bits per heavy atom. The fourth-order valence-corrected chi connectivity index (χ4v) is 3.20. The van der Waals surface area contributed by atoms with Crippen LogP contribution in [0.3, 0.4) is 0 Å². The molecule has 0 spiro atoms. The zero-order valence-corrected chi connectivity index (χ0v) is 17.0. The van der Waals surface area contributed by atoms with Gasteiger partial charge in [0, 0.05) is 5.56 Å². The molecule has 31 heavy (non-hydrogen) atoms. The Labute approximate surface area is 180 Å². The first-order chi connectivity index (χ1) is 15.3. The first-order valence-electron chi connectivity index (χ1n) is 10.0. The lowest BCUT2D eigenvalue weighted by atomic mass is 10.1. The second-order valence-corrected chi connectivity index (χ2v) is 6.95. The normalized spacial score (nSPS) is 22.7. The highest BCUT2D eigenvalue weighted by Gasteiger charge is 2.43. The molecule has 2 aromatic carbocycles. The number of ether oxygens (including phenoxy) is 5. The molecule has 0 radical (unpaired) electrons. The molecular formula is C22H25N3O6. The zero-order valence-electron chi connectivity index (χ0n) is 17.0. The van der Waals surface area contributed by atoms with Gasteiger partial charge in [-0.1, -0.05) is 18.2 Å². The predicted molar refractivity (Wildman–Crippen MR) is 109 cm³/mol. The van der Waals surface area contributed by atoms with Gasteiger partial charge in [0.2, 0.25) is 5.79 Å². The largest absolute Gasteiger partial charge is 0.457 e. The molecule has 2 aliphatic rings. The molecule has 1 N–H and O–H groups in total. The first-order valence-corrected chi connectivity index (χ1v) is 10.0. The summed E-state index contributed by atoms with van der Waals surface area (Å²) in [6, 6.07) is 17.1. The van der Waals surface area contributed by atoms with Crippen molar-refractivity contribution >= 4 is 0 Å². The molecule has 2 fully saturated rings. The second-order valence-electron chi connectivity index (χ2n) is 6.95. The number of aliphatic hydroxyl groups is 1. The van der Waals surface area contributed by atoms with Gasteiger partial charge in [-0.2, -0.15) is 5.10 Å². The minimum absolute atomic E-state index is 0.103. The van der Waals surface area contributed by atoms with Crippen LogP contribution in [0.5, 0.6) is 11.5 Å². The zero-order chi connectivity index (χ0) is 21.4. The average Bonchev–Trinajstić information content (AvgIpc) is 3.60. The van der Waals surface area contributed by atoms with Crippen molar-refractivity contribution in [2.45, 2.75) is 18.4 Å². The lowest BCUT2D eigenvalue weighted by Gasteiger charge is -2.28. The van der Waals surface area contributed by atoms with Crippen molar-refractivity contribution in [2.75, 3.05) is 33.2 Å². The fourth-order valence-electron chi connectivity index (χ4n) is 3.20. The van der Waals surface area contributed by atoms with Gasteiger partial charge in [-0.25, -0.2) is 9.67 Å². The number of benzene rings is 2. The van der Waals surface area contributed by atoms with Crippen LogP contribution in [0.4, 0.5) is 0 Å². The third kappa shape index (κ3) is 5.66. The monoisotopic (exact) mass is 427 g/mol. The number of rotatable bonds is 6. The van der Waals surface area contributed by atoms with E-state index in [1.807, 2.05) is 54.6 Å². The maximum Gasteiger partial charge on any atom is 0.215 e. The smallest absolute Gasteiger partial charge is 0.215 e. The van der Waals surface area contributed by atoms with Gasteiger partial charge in [-0.15, -0.1) is 0 Å². The Kier molecular flexibility index (Phi) is 7.23. The molecule has 2 aliphatic heterocycles. The van der Waals surface area contributed by atoms with Crippen molar-refractivity contribution in [1.82, 2.24) is 14.8 Å². The van der Waals surface area contributed by atoms with E-state index in [1.165, 1.54) is 6.33 Å². The van der Waals surface area contributed by atoms with Crippen molar-refractivity contribution in [3.63, 3.8) is 0 Å². The Balaban J connectivity index is 0.000000407. The summed E-state index contributed by atoms with van der Waals surface area (Å²) in [6.45, 7) is 2.60. The van der Waals surface area contributed by atoms with Gasteiger partial charge in [0.05, 0.1) is 26.4 Å². The summed E-state index contributed by atoms with van der Waals surface area (Å²) in [6.07, 6.45) is 2.69. The van der Waals surface area contributed by atoms with Gasteiger partial charge in [0.1, 0.15) is 43.6 Å². The molecule has 9 heteroatoms. The molecule has 9 nitrogen and oxygen atoms in total.